The minimum absolute atomic E-state index is 0.0963. The maximum atomic E-state index is 12.2. The van der Waals surface area contributed by atoms with E-state index in [1.54, 1.807) is 0 Å². The molecule has 2 aliphatic carbocycles. The Morgan fingerprint density at radius 1 is 1.26 bits per heavy atom. The average molecular weight is 258 g/mol. The normalized spacial score (nSPS) is 22.5. The molecule has 0 radical (unpaired) electrons. The number of benzene rings is 1. The van der Waals surface area contributed by atoms with E-state index in [1.165, 1.54) is 12.8 Å². The smallest absolute Gasteiger partial charge is 0.167 e. The summed E-state index contributed by atoms with van der Waals surface area (Å²) in [6.07, 6.45) is 6.84. The van der Waals surface area contributed by atoms with Crippen LogP contribution in [-0.2, 0) is 11.2 Å². The Labute approximate surface area is 113 Å². The number of rotatable bonds is 4. The van der Waals surface area contributed by atoms with Gasteiger partial charge in [-0.3, -0.25) is 4.79 Å². The number of aldehydes is 1. The van der Waals surface area contributed by atoms with Crippen LogP contribution >= 0.6 is 0 Å². The number of carbonyl (C=O) groups excluding carboxylic acids is 2. The fourth-order valence-electron chi connectivity index (χ4n) is 3.12. The Morgan fingerprint density at radius 2 is 2.05 bits per heavy atom. The minimum atomic E-state index is -0.158. The van der Waals surface area contributed by atoms with Crippen LogP contribution in [0.4, 0.5) is 0 Å². The monoisotopic (exact) mass is 258 g/mol. The summed E-state index contributed by atoms with van der Waals surface area (Å²) >= 11 is 0. The molecular formula is C16H18O3. The number of hydrogen-bond donors (Lipinski definition) is 0. The van der Waals surface area contributed by atoms with Crippen LogP contribution in [0.5, 0.6) is 5.75 Å². The Morgan fingerprint density at radius 3 is 2.79 bits per heavy atom. The lowest BCUT2D eigenvalue weighted by molar-refractivity contribution is -0.108. The Balaban J connectivity index is 1.77. The van der Waals surface area contributed by atoms with Crippen LogP contribution in [0.3, 0.4) is 0 Å². The summed E-state index contributed by atoms with van der Waals surface area (Å²) in [5.41, 5.74) is 1.80. The maximum Gasteiger partial charge on any atom is 0.167 e. The van der Waals surface area contributed by atoms with Crippen LogP contribution in [0, 0.1) is 5.92 Å². The van der Waals surface area contributed by atoms with Crippen LogP contribution in [0.1, 0.15) is 48.0 Å². The number of carbonyl (C=O) groups is 2. The predicted octanol–water partition coefficient (Wildman–Crippen LogP) is 2.95. The SMILES string of the molecule is O=CCC1Cc2ccc(OC3CCCC3)cc2C1=O. The molecule has 0 heterocycles. The maximum absolute atomic E-state index is 12.2. The zero-order valence-corrected chi connectivity index (χ0v) is 10.9. The van der Waals surface area contributed by atoms with Gasteiger partial charge in [-0.25, -0.2) is 0 Å². The van der Waals surface area contributed by atoms with Gasteiger partial charge in [0, 0.05) is 17.9 Å². The van der Waals surface area contributed by atoms with Crippen molar-refractivity contribution in [2.24, 2.45) is 5.92 Å². The summed E-state index contributed by atoms with van der Waals surface area (Å²) in [6.45, 7) is 0. The molecular weight excluding hydrogens is 240 g/mol. The van der Waals surface area contributed by atoms with Crippen molar-refractivity contribution in [1.82, 2.24) is 0 Å². The molecule has 3 heteroatoms. The summed E-state index contributed by atoms with van der Waals surface area (Å²) in [5.74, 6) is 0.735. The molecule has 19 heavy (non-hydrogen) atoms. The molecule has 0 bridgehead atoms. The number of ether oxygens (including phenoxy) is 1. The van der Waals surface area contributed by atoms with E-state index in [-0.39, 0.29) is 11.7 Å². The lowest BCUT2D eigenvalue weighted by Gasteiger charge is -2.13. The highest BCUT2D eigenvalue weighted by molar-refractivity contribution is 6.03. The predicted molar refractivity (Wildman–Crippen MR) is 71.5 cm³/mol. The summed E-state index contributed by atoms with van der Waals surface area (Å²) in [4.78, 5) is 22.7. The summed E-state index contributed by atoms with van der Waals surface area (Å²) < 4.78 is 5.92. The quantitative estimate of drug-likeness (QED) is 0.780. The Bertz CT molecular complexity index is 501. The minimum Gasteiger partial charge on any atom is -0.490 e. The second-order valence-electron chi connectivity index (χ2n) is 5.51. The van der Waals surface area contributed by atoms with E-state index in [0.29, 0.717) is 18.9 Å². The van der Waals surface area contributed by atoms with Crippen LogP contribution in [0.25, 0.3) is 0 Å². The topological polar surface area (TPSA) is 43.4 Å². The van der Waals surface area contributed by atoms with Gasteiger partial charge >= 0.3 is 0 Å². The van der Waals surface area contributed by atoms with Gasteiger partial charge in [-0.15, -0.1) is 0 Å². The molecule has 0 saturated heterocycles. The summed E-state index contributed by atoms with van der Waals surface area (Å²) in [6, 6.07) is 5.79. The van der Waals surface area contributed by atoms with Crippen molar-refractivity contribution in [3.63, 3.8) is 0 Å². The highest BCUT2D eigenvalue weighted by Crippen LogP contribution is 2.32. The molecule has 1 aromatic carbocycles. The molecule has 3 rings (SSSR count). The van der Waals surface area contributed by atoms with Gasteiger partial charge in [0.15, 0.2) is 5.78 Å². The third-order valence-electron chi connectivity index (χ3n) is 4.17. The van der Waals surface area contributed by atoms with Crippen molar-refractivity contribution in [1.29, 1.82) is 0 Å². The zero-order valence-electron chi connectivity index (χ0n) is 10.9. The third-order valence-corrected chi connectivity index (χ3v) is 4.17. The molecule has 100 valence electrons. The first kappa shape index (κ1) is 12.4. The van der Waals surface area contributed by atoms with Gasteiger partial charge in [0.1, 0.15) is 12.0 Å². The van der Waals surface area contributed by atoms with Crippen LogP contribution in [0.2, 0.25) is 0 Å². The molecule has 1 atom stereocenters. The average Bonchev–Trinajstić information content (AvgIpc) is 3.01. The summed E-state index contributed by atoms with van der Waals surface area (Å²) in [5, 5.41) is 0. The van der Waals surface area contributed by atoms with E-state index in [1.807, 2.05) is 18.2 Å². The van der Waals surface area contributed by atoms with Crippen molar-refractivity contribution < 1.29 is 14.3 Å². The van der Waals surface area contributed by atoms with Crippen LogP contribution < -0.4 is 4.74 Å². The van der Waals surface area contributed by atoms with Gasteiger partial charge in [0.2, 0.25) is 0 Å². The first-order chi connectivity index (χ1) is 9.28. The molecule has 1 saturated carbocycles. The molecule has 1 unspecified atom stereocenters. The summed E-state index contributed by atoms with van der Waals surface area (Å²) in [7, 11) is 0. The third kappa shape index (κ3) is 2.42. The van der Waals surface area contributed by atoms with Crippen molar-refractivity contribution >= 4 is 12.1 Å². The van der Waals surface area contributed by atoms with Crippen molar-refractivity contribution in [2.75, 3.05) is 0 Å². The number of Topliss-reactive ketones (excluding diaryl/α,β-unsaturated/α-hetero) is 1. The lowest BCUT2D eigenvalue weighted by atomic mass is 10.0. The number of fused-ring (bicyclic) bond motifs is 1. The molecule has 0 N–H and O–H groups in total. The second-order valence-corrected chi connectivity index (χ2v) is 5.51. The fraction of sp³-hybridized carbons (Fsp3) is 0.500. The molecule has 0 aromatic heterocycles. The molecule has 0 aliphatic heterocycles. The molecule has 0 amide bonds. The van der Waals surface area contributed by atoms with E-state index >= 15 is 0 Å². The van der Waals surface area contributed by atoms with Gasteiger partial charge in [-0.05, 0) is 49.8 Å². The van der Waals surface area contributed by atoms with E-state index in [2.05, 4.69) is 0 Å². The highest BCUT2D eigenvalue weighted by atomic mass is 16.5. The van der Waals surface area contributed by atoms with Gasteiger partial charge in [0.05, 0.1) is 6.10 Å². The van der Waals surface area contributed by atoms with E-state index in [4.69, 9.17) is 4.74 Å². The Hall–Kier alpha value is -1.64. The second kappa shape index (κ2) is 5.16. The van der Waals surface area contributed by atoms with Gasteiger partial charge in [0.25, 0.3) is 0 Å². The van der Waals surface area contributed by atoms with Crippen molar-refractivity contribution in [2.45, 2.75) is 44.6 Å². The first-order valence-corrected chi connectivity index (χ1v) is 7.05. The van der Waals surface area contributed by atoms with E-state index in [9.17, 15) is 9.59 Å². The largest absolute Gasteiger partial charge is 0.490 e. The van der Waals surface area contributed by atoms with Crippen molar-refractivity contribution in [3.8, 4) is 5.75 Å². The number of ketones is 1. The Kier molecular flexibility index (Phi) is 3.36. The van der Waals surface area contributed by atoms with Crippen molar-refractivity contribution in [3.05, 3.63) is 29.3 Å². The molecule has 1 aromatic rings. The fourth-order valence-corrected chi connectivity index (χ4v) is 3.12. The van der Waals surface area contributed by atoms with E-state index in [0.717, 1.165) is 36.0 Å². The molecule has 0 spiro atoms. The molecule has 1 fully saturated rings. The highest BCUT2D eigenvalue weighted by Gasteiger charge is 2.30. The van der Waals surface area contributed by atoms with Gasteiger partial charge in [-0.2, -0.15) is 0 Å². The van der Waals surface area contributed by atoms with Crippen LogP contribution in [0.15, 0.2) is 18.2 Å². The first-order valence-electron chi connectivity index (χ1n) is 7.05. The standard InChI is InChI=1S/C16H18O3/c17-8-7-12-9-11-5-6-14(10-15(11)16(12)18)19-13-3-1-2-4-13/h5-6,8,10,12-13H,1-4,7,9H2. The van der Waals surface area contributed by atoms with Gasteiger partial charge in [-0.1, -0.05) is 6.07 Å². The molecule has 2 aliphatic rings. The van der Waals surface area contributed by atoms with E-state index < -0.39 is 0 Å². The molecule has 3 nitrogen and oxygen atoms in total. The lowest BCUT2D eigenvalue weighted by Crippen LogP contribution is -2.11. The number of hydrogen-bond acceptors (Lipinski definition) is 3. The van der Waals surface area contributed by atoms with Crippen LogP contribution in [-0.4, -0.2) is 18.2 Å². The van der Waals surface area contributed by atoms with Gasteiger partial charge < -0.3 is 9.53 Å². The zero-order chi connectivity index (χ0) is 13.2.